The number of esters is 1. The summed E-state index contributed by atoms with van der Waals surface area (Å²) >= 11 is 0. The Kier molecular flexibility index (Phi) is 3.56. The summed E-state index contributed by atoms with van der Waals surface area (Å²) in [7, 11) is 0. The Morgan fingerprint density at radius 2 is 1.95 bits per heavy atom. The van der Waals surface area contributed by atoms with Crippen molar-refractivity contribution < 1.29 is 19.1 Å². The molecule has 114 valence electrons. The summed E-state index contributed by atoms with van der Waals surface area (Å²) in [5.74, 6) is -0.982. The maximum Gasteiger partial charge on any atom is 0.308 e. The van der Waals surface area contributed by atoms with Crippen LogP contribution in [-0.2, 0) is 14.4 Å². The number of ether oxygens (including phenoxy) is 1. The van der Waals surface area contributed by atoms with Gasteiger partial charge in [0.2, 0.25) is 11.8 Å². The maximum atomic E-state index is 12.6. The van der Waals surface area contributed by atoms with Crippen LogP contribution < -0.4 is 9.64 Å². The lowest BCUT2D eigenvalue weighted by Gasteiger charge is -2.18. The number of hydrogen-bond acceptors (Lipinski definition) is 4. The molecule has 0 saturated carbocycles. The number of allylic oxidation sites excluding steroid dienone is 2. The maximum absolute atomic E-state index is 12.6. The quantitative estimate of drug-likeness (QED) is 0.364. The van der Waals surface area contributed by atoms with Crippen molar-refractivity contribution >= 4 is 23.5 Å². The van der Waals surface area contributed by atoms with Crippen LogP contribution in [0.1, 0.15) is 26.7 Å². The molecule has 2 atom stereocenters. The van der Waals surface area contributed by atoms with Gasteiger partial charge in [0.15, 0.2) is 0 Å². The van der Waals surface area contributed by atoms with E-state index in [0.29, 0.717) is 24.3 Å². The summed E-state index contributed by atoms with van der Waals surface area (Å²) in [6, 6.07) is 6.52. The third kappa shape index (κ3) is 2.43. The molecule has 1 saturated heterocycles. The molecule has 2 amide bonds. The molecule has 0 radical (unpaired) electrons. The molecule has 3 rings (SSSR count). The predicted molar refractivity (Wildman–Crippen MR) is 80.2 cm³/mol. The molecule has 1 fully saturated rings. The van der Waals surface area contributed by atoms with Gasteiger partial charge in [-0.15, -0.1) is 0 Å². The van der Waals surface area contributed by atoms with Gasteiger partial charge in [-0.05, 0) is 31.9 Å². The van der Waals surface area contributed by atoms with Gasteiger partial charge < -0.3 is 4.74 Å². The second-order valence-corrected chi connectivity index (χ2v) is 5.81. The largest absolute Gasteiger partial charge is 0.427 e. The van der Waals surface area contributed by atoms with Crippen LogP contribution in [0.4, 0.5) is 5.69 Å². The first-order valence-corrected chi connectivity index (χ1v) is 7.29. The van der Waals surface area contributed by atoms with E-state index in [2.05, 4.69) is 0 Å². The van der Waals surface area contributed by atoms with Gasteiger partial charge in [0.1, 0.15) is 5.75 Å². The van der Waals surface area contributed by atoms with Crippen molar-refractivity contribution in [1.29, 1.82) is 0 Å². The van der Waals surface area contributed by atoms with Crippen molar-refractivity contribution in [3.8, 4) is 5.75 Å². The van der Waals surface area contributed by atoms with Crippen molar-refractivity contribution in [2.75, 3.05) is 4.90 Å². The highest BCUT2D eigenvalue weighted by Gasteiger charge is 2.48. The number of fused-ring (bicyclic) bond motifs is 1. The van der Waals surface area contributed by atoms with Gasteiger partial charge in [0.05, 0.1) is 17.5 Å². The molecule has 0 N–H and O–H groups in total. The highest BCUT2D eigenvalue weighted by atomic mass is 16.5. The van der Waals surface area contributed by atoms with Crippen LogP contribution in [-0.4, -0.2) is 17.8 Å². The summed E-state index contributed by atoms with van der Waals surface area (Å²) in [6.45, 7) is 3.29. The standard InChI is InChI=1S/C17H17NO4/c1-10-6-7-14-15(8-10)17(21)18(16(14)20)12-4-3-5-13(9-12)22-11(2)19/h3-6,9,14-15H,7-8H2,1-2H3/t14-,15+/m1/s1. The van der Waals surface area contributed by atoms with Crippen LogP contribution in [0.3, 0.4) is 0 Å². The van der Waals surface area contributed by atoms with Gasteiger partial charge >= 0.3 is 5.97 Å². The van der Waals surface area contributed by atoms with Crippen LogP contribution in [0.2, 0.25) is 0 Å². The van der Waals surface area contributed by atoms with E-state index in [4.69, 9.17) is 4.74 Å². The number of benzene rings is 1. The van der Waals surface area contributed by atoms with Crippen LogP contribution in [0.25, 0.3) is 0 Å². The normalized spacial score (nSPS) is 24.1. The Balaban J connectivity index is 1.91. The number of nitrogens with zero attached hydrogens (tertiary/aromatic N) is 1. The fourth-order valence-corrected chi connectivity index (χ4v) is 3.14. The van der Waals surface area contributed by atoms with E-state index >= 15 is 0 Å². The van der Waals surface area contributed by atoms with Crippen molar-refractivity contribution in [2.24, 2.45) is 11.8 Å². The van der Waals surface area contributed by atoms with Crippen LogP contribution in [0, 0.1) is 11.8 Å². The SMILES string of the molecule is CC(=O)Oc1cccc(N2C(=O)[C@H]3CC(C)=CC[C@H]3C2=O)c1. The van der Waals surface area contributed by atoms with E-state index in [-0.39, 0.29) is 23.7 Å². The van der Waals surface area contributed by atoms with Gasteiger partial charge in [0.25, 0.3) is 0 Å². The first-order valence-electron chi connectivity index (χ1n) is 7.29. The van der Waals surface area contributed by atoms with E-state index in [1.165, 1.54) is 11.8 Å². The highest BCUT2D eigenvalue weighted by molar-refractivity contribution is 6.22. The zero-order chi connectivity index (χ0) is 15.9. The zero-order valence-electron chi connectivity index (χ0n) is 12.5. The van der Waals surface area contributed by atoms with Gasteiger partial charge in [-0.2, -0.15) is 0 Å². The van der Waals surface area contributed by atoms with Crippen molar-refractivity contribution in [1.82, 2.24) is 0 Å². The molecular weight excluding hydrogens is 282 g/mol. The molecule has 22 heavy (non-hydrogen) atoms. The van der Waals surface area contributed by atoms with Crippen LogP contribution in [0.5, 0.6) is 5.75 Å². The molecule has 1 aliphatic carbocycles. The lowest BCUT2D eigenvalue weighted by atomic mass is 9.82. The van der Waals surface area contributed by atoms with Crippen molar-refractivity contribution in [2.45, 2.75) is 26.7 Å². The molecule has 0 aromatic heterocycles. The Morgan fingerprint density at radius 3 is 2.68 bits per heavy atom. The number of amides is 2. The number of rotatable bonds is 2. The van der Waals surface area contributed by atoms with Gasteiger partial charge in [0, 0.05) is 13.0 Å². The van der Waals surface area contributed by atoms with E-state index in [0.717, 1.165) is 5.57 Å². The lowest BCUT2D eigenvalue weighted by Crippen LogP contribution is -2.30. The predicted octanol–water partition coefficient (Wildman–Crippen LogP) is 2.46. The minimum absolute atomic E-state index is 0.164. The molecule has 0 spiro atoms. The second-order valence-electron chi connectivity index (χ2n) is 5.81. The molecule has 5 heteroatoms. The minimum atomic E-state index is -0.440. The Labute approximate surface area is 128 Å². The third-order valence-electron chi connectivity index (χ3n) is 4.16. The third-order valence-corrected chi connectivity index (χ3v) is 4.16. The Bertz CT molecular complexity index is 692. The van der Waals surface area contributed by atoms with Crippen LogP contribution in [0.15, 0.2) is 35.9 Å². The van der Waals surface area contributed by atoms with Gasteiger partial charge in [-0.25, -0.2) is 4.90 Å². The molecule has 0 unspecified atom stereocenters. The van der Waals surface area contributed by atoms with Crippen molar-refractivity contribution in [3.05, 3.63) is 35.9 Å². The molecule has 0 bridgehead atoms. The number of carbonyl (C=O) groups is 3. The summed E-state index contributed by atoms with van der Waals surface area (Å²) in [4.78, 5) is 37.4. The van der Waals surface area contributed by atoms with Crippen LogP contribution >= 0.6 is 0 Å². The molecule has 5 nitrogen and oxygen atoms in total. The van der Waals surface area contributed by atoms with Gasteiger partial charge in [-0.3, -0.25) is 14.4 Å². The fourth-order valence-electron chi connectivity index (χ4n) is 3.14. The summed E-state index contributed by atoms with van der Waals surface area (Å²) < 4.78 is 5.02. The molecule has 2 aliphatic rings. The molecule has 1 heterocycles. The monoisotopic (exact) mass is 299 g/mol. The summed E-state index contributed by atoms with van der Waals surface area (Å²) in [5.41, 5.74) is 1.61. The number of imide groups is 1. The lowest BCUT2D eigenvalue weighted by molar-refractivity contribution is -0.132. The minimum Gasteiger partial charge on any atom is -0.427 e. The molecule has 1 aliphatic heterocycles. The smallest absolute Gasteiger partial charge is 0.308 e. The first kappa shape index (κ1) is 14.5. The number of carbonyl (C=O) groups excluding carboxylic acids is 3. The summed E-state index contributed by atoms with van der Waals surface area (Å²) in [6.07, 6.45) is 3.28. The molecular formula is C17H17NO4. The van der Waals surface area contributed by atoms with E-state index < -0.39 is 5.97 Å². The van der Waals surface area contributed by atoms with Gasteiger partial charge in [-0.1, -0.05) is 17.7 Å². The molecule has 1 aromatic carbocycles. The van der Waals surface area contributed by atoms with E-state index in [9.17, 15) is 14.4 Å². The topological polar surface area (TPSA) is 63.7 Å². The number of hydrogen-bond donors (Lipinski definition) is 0. The van der Waals surface area contributed by atoms with E-state index in [1.807, 2.05) is 13.0 Å². The Morgan fingerprint density at radius 1 is 1.23 bits per heavy atom. The van der Waals surface area contributed by atoms with E-state index in [1.54, 1.807) is 24.3 Å². The molecule has 1 aromatic rings. The average molecular weight is 299 g/mol. The highest BCUT2D eigenvalue weighted by Crippen LogP contribution is 2.40. The Hall–Kier alpha value is -2.43. The first-order chi connectivity index (χ1) is 10.5. The fraction of sp³-hybridized carbons (Fsp3) is 0.353. The summed E-state index contributed by atoms with van der Waals surface area (Å²) in [5, 5.41) is 0. The average Bonchev–Trinajstić information content (AvgIpc) is 2.70. The number of anilines is 1. The van der Waals surface area contributed by atoms with Crippen molar-refractivity contribution in [3.63, 3.8) is 0 Å². The zero-order valence-corrected chi connectivity index (χ0v) is 12.5. The second kappa shape index (κ2) is 5.40.